The van der Waals surface area contributed by atoms with Gasteiger partial charge in [0.25, 0.3) is 10.0 Å². The number of anilines is 1. The smallest absolute Gasteiger partial charge is 0.271 e. The van der Waals surface area contributed by atoms with Gasteiger partial charge >= 0.3 is 0 Å². The summed E-state index contributed by atoms with van der Waals surface area (Å²) in [5.74, 6) is 0. The Bertz CT molecular complexity index is 651. The second-order valence-electron chi connectivity index (χ2n) is 3.16. The van der Waals surface area contributed by atoms with Crippen molar-refractivity contribution in [2.24, 2.45) is 0 Å². The van der Waals surface area contributed by atoms with Gasteiger partial charge in [-0.05, 0) is 34.1 Å². The molecular weight excluding hydrogens is 383 g/mol. The molecule has 1 N–H and O–H groups in total. The summed E-state index contributed by atoms with van der Waals surface area (Å²) in [7, 11) is -3.66. The Morgan fingerprint density at radius 2 is 2.06 bits per heavy atom. The summed E-state index contributed by atoms with van der Waals surface area (Å²) in [6, 6.07) is 4.40. The molecule has 96 valence electrons. The number of aromatic nitrogens is 1. The van der Waals surface area contributed by atoms with E-state index in [1.165, 1.54) is 24.4 Å². The average Bonchev–Trinajstić information content (AvgIpc) is 2.63. The van der Waals surface area contributed by atoms with Gasteiger partial charge < -0.3 is 0 Å². The fraction of sp³-hybridized carbons (Fsp3) is 0. The van der Waals surface area contributed by atoms with E-state index in [0.29, 0.717) is 19.6 Å². The Morgan fingerprint density at radius 1 is 1.33 bits per heavy atom. The van der Waals surface area contributed by atoms with E-state index in [1.807, 2.05) is 0 Å². The molecule has 2 heterocycles. The van der Waals surface area contributed by atoms with Gasteiger partial charge in [0, 0.05) is 0 Å². The molecule has 0 saturated carbocycles. The third-order valence-electron chi connectivity index (χ3n) is 1.87. The van der Waals surface area contributed by atoms with Gasteiger partial charge in [-0.25, -0.2) is 13.4 Å². The lowest BCUT2D eigenvalue weighted by Crippen LogP contribution is -2.11. The Balaban J connectivity index is 2.29. The van der Waals surface area contributed by atoms with Crippen LogP contribution in [0.2, 0.25) is 10.2 Å². The maximum absolute atomic E-state index is 12.0. The van der Waals surface area contributed by atoms with E-state index in [0.717, 1.165) is 11.3 Å². The fourth-order valence-corrected chi connectivity index (χ4v) is 4.65. The molecule has 2 aromatic rings. The molecule has 0 spiro atoms. The van der Waals surface area contributed by atoms with E-state index in [4.69, 9.17) is 23.2 Å². The molecular formula is C9H5BrCl2N2O2S2. The van der Waals surface area contributed by atoms with Crippen molar-refractivity contribution in [3.63, 3.8) is 0 Å². The maximum atomic E-state index is 12.0. The van der Waals surface area contributed by atoms with E-state index in [-0.39, 0.29) is 4.21 Å². The van der Waals surface area contributed by atoms with Crippen LogP contribution in [0.15, 0.2) is 32.4 Å². The van der Waals surface area contributed by atoms with Gasteiger partial charge in [0.05, 0.1) is 20.7 Å². The second kappa shape index (κ2) is 5.34. The molecule has 4 nitrogen and oxygen atoms in total. The molecule has 0 amide bonds. The molecule has 9 heteroatoms. The summed E-state index contributed by atoms with van der Waals surface area (Å²) in [4.78, 5) is 3.79. The zero-order valence-corrected chi connectivity index (χ0v) is 13.3. The molecule has 0 aromatic carbocycles. The van der Waals surface area contributed by atoms with Crippen molar-refractivity contribution >= 4 is 66.2 Å². The summed E-state index contributed by atoms with van der Waals surface area (Å²) in [6.45, 7) is 0. The highest BCUT2D eigenvalue weighted by Crippen LogP contribution is 2.35. The average molecular weight is 388 g/mol. The van der Waals surface area contributed by atoms with Gasteiger partial charge in [-0.3, -0.25) is 4.72 Å². The molecule has 0 aliphatic rings. The predicted octanol–water partition coefficient (Wildman–Crippen LogP) is 4.01. The standard InChI is InChI=1S/C9H5BrCl2N2O2S2/c10-9-6(11)3-8(17-9)18(15,16)14-5-1-2-7(12)13-4-5/h1-4,14H. The van der Waals surface area contributed by atoms with Crippen LogP contribution >= 0.6 is 50.5 Å². The predicted molar refractivity (Wildman–Crippen MR) is 77.1 cm³/mol. The number of rotatable bonds is 3. The number of hydrogen-bond acceptors (Lipinski definition) is 4. The minimum atomic E-state index is -3.66. The molecule has 0 bridgehead atoms. The van der Waals surface area contributed by atoms with E-state index >= 15 is 0 Å². The van der Waals surface area contributed by atoms with Crippen molar-refractivity contribution in [3.8, 4) is 0 Å². The van der Waals surface area contributed by atoms with Crippen LogP contribution in [0.1, 0.15) is 0 Å². The third-order valence-corrected chi connectivity index (χ3v) is 6.42. The van der Waals surface area contributed by atoms with Crippen molar-refractivity contribution < 1.29 is 8.42 Å². The summed E-state index contributed by atoms with van der Waals surface area (Å²) < 4.78 is 27.1. The number of thiophene rings is 1. The molecule has 0 unspecified atom stereocenters. The lowest BCUT2D eigenvalue weighted by Gasteiger charge is -2.05. The van der Waals surface area contributed by atoms with E-state index in [2.05, 4.69) is 25.6 Å². The van der Waals surface area contributed by atoms with E-state index < -0.39 is 10.0 Å². The molecule has 0 fully saturated rings. The summed E-state index contributed by atoms with van der Waals surface area (Å²) in [5, 5.41) is 0.648. The molecule has 0 radical (unpaired) electrons. The Kier molecular flexibility index (Phi) is 4.18. The fourth-order valence-electron chi connectivity index (χ4n) is 1.10. The molecule has 18 heavy (non-hydrogen) atoms. The molecule has 0 aliphatic heterocycles. The van der Waals surface area contributed by atoms with E-state index in [9.17, 15) is 8.42 Å². The van der Waals surface area contributed by atoms with Crippen molar-refractivity contribution in [1.82, 2.24) is 4.98 Å². The normalized spacial score (nSPS) is 11.5. The first-order valence-electron chi connectivity index (χ1n) is 4.48. The van der Waals surface area contributed by atoms with Gasteiger partial charge in [-0.15, -0.1) is 11.3 Å². The first kappa shape index (κ1) is 14.1. The lowest BCUT2D eigenvalue weighted by molar-refractivity contribution is 0.603. The van der Waals surface area contributed by atoms with Crippen molar-refractivity contribution in [3.05, 3.63) is 38.4 Å². The van der Waals surface area contributed by atoms with Crippen LogP contribution in [0, 0.1) is 0 Å². The SMILES string of the molecule is O=S(=O)(Nc1ccc(Cl)nc1)c1cc(Cl)c(Br)s1. The lowest BCUT2D eigenvalue weighted by atomic mass is 10.4. The van der Waals surface area contributed by atoms with Gasteiger partial charge in [-0.2, -0.15) is 0 Å². The number of nitrogens with one attached hydrogen (secondary N) is 1. The maximum Gasteiger partial charge on any atom is 0.271 e. The number of nitrogens with zero attached hydrogens (tertiary/aromatic N) is 1. The minimum absolute atomic E-state index is 0.120. The van der Waals surface area contributed by atoms with Gasteiger partial charge in [0.1, 0.15) is 9.36 Å². The number of halogens is 3. The van der Waals surface area contributed by atoms with Gasteiger partial charge in [0.15, 0.2) is 0 Å². The topological polar surface area (TPSA) is 59.1 Å². The third kappa shape index (κ3) is 3.16. The van der Waals surface area contributed by atoms with Crippen LogP contribution < -0.4 is 4.72 Å². The van der Waals surface area contributed by atoms with Gasteiger partial charge in [0.2, 0.25) is 0 Å². The van der Waals surface area contributed by atoms with E-state index in [1.54, 1.807) is 0 Å². The highest BCUT2D eigenvalue weighted by Gasteiger charge is 2.19. The van der Waals surface area contributed by atoms with Gasteiger partial charge in [-0.1, -0.05) is 23.2 Å². The zero-order chi connectivity index (χ0) is 13.3. The Hall–Kier alpha value is -0.340. The van der Waals surface area contributed by atoms with Crippen LogP contribution in [0.25, 0.3) is 0 Å². The highest BCUT2D eigenvalue weighted by molar-refractivity contribution is 9.11. The number of sulfonamides is 1. The first-order valence-corrected chi connectivity index (χ1v) is 8.32. The van der Waals surface area contributed by atoms with Crippen LogP contribution in [0.3, 0.4) is 0 Å². The Morgan fingerprint density at radius 3 is 2.56 bits per heavy atom. The largest absolute Gasteiger partial charge is 0.277 e. The molecule has 0 atom stereocenters. The second-order valence-corrected chi connectivity index (χ2v) is 8.24. The summed E-state index contributed by atoms with van der Waals surface area (Å²) in [6.07, 6.45) is 1.34. The Labute approximate surface area is 126 Å². The number of hydrogen-bond donors (Lipinski definition) is 1. The van der Waals surface area contributed by atoms with Crippen molar-refractivity contribution in [1.29, 1.82) is 0 Å². The number of pyridine rings is 1. The molecule has 2 aromatic heterocycles. The molecule has 0 aliphatic carbocycles. The monoisotopic (exact) mass is 386 g/mol. The van der Waals surface area contributed by atoms with Crippen molar-refractivity contribution in [2.75, 3.05) is 4.72 Å². The quantitative estimate of drug-likeness (QED) is 0.809. The zero-order valence-electron chi connectivity index (χ0n) is 8.52. The summed E-state index contributed by atoms with van der Waals surface area (Å²) >= 11 is 15.6. The first-order chi connectivity index (χ1) is 8.38. The van der Waals surface area contributed by atoms with Crippen LogP contribution in [0.4, 0.5) is 5.69 Å². The van der Waals surface area contributed by atoms with Crippen LogP contribution in [0.5, 0.6) is 0 Å². The molecule has 0 saturated heterocycles. The van der Waals surface area contributed by atoms with Crippen molar-refractivity contribution in [2.45, 2.75) is 4.21 Å². The summed E-state index contributed by atoms with van der Waals surface area (Å²) in [5.41, 5.74) is 0.333. The van der Waals surface area contributed by atoms with Crippen LogP contribution in [-0.2, 0) is 10.0 Å². The van der Waals surface area contributed by atoms with Crippen LogP contribution in [-0.4, -0.2) is 13.4 Å². The minimum Gasteiger partial charge on any atom is -0.277 e. The highest BCUT2D eigenvalue weighted by atomic mass is 79.9. The molecule has 2 rings (SSSR count).